The van der Waals surface area contributed by atoms with Crippen LogP contribution < -0.4 is 59.2 Å². The largest absolute Gasteiger partial charge is 0.493 e. The second kappa shape index (κ2) is 37.5. The Morgan fingerprint density at radius 2 is 0.339 bits per heavy atom. The monoisotopic (exact) mass is 1500 g/mol. The molecule has 8 aliphatic heterocycles. The maximum Gasteiger partial charge on any atom is 0.255 e. The summed E-state index contributed by atoms with van der Waals surface area (Å²) >= 11 is 0. The molecule has 0 unspecified atom stereocenters. The van der Waals surface area contributed by atoms with Crippen molar-refractivity contribution in [2.75, 3.05) is 74.1 Å². The fourth-order valence-electron chi connectivity index (χ4n) is 15.1. The molecule has 0 radical (unpaired) electrons. The van der Waals surface area contributed by atoms with E-state index in [0.29, 0.717) is 195 Å². The third kappa shape index (κ3) is 18.6. The number of hydrogen-bond donors (Lipinski definition) is 4. The summed E-state index contributed by atoms with van der Waals surface area (Å²) in [5.41, 5.74) is 17.3. The number of carbonyl (C=O) groups excluding carboxylic acids is 4. The van der Waals surface area contributed by atoms with Crippen molar-refractivity contribution in [1.29, 1.82) is 0 Å². The molecule has 8 heterocycles. The number of nitrogens with one attached hydrogen (secondary N) is 4. The van der Waals surface area contributed by atoms with Crippen molar-refractivity contribution in [3.63, 3.8) is 0 Å². The van der Waals surface area contributed by atoms with Crippen LogP contribution in [-0.2, 0) is 51.4 Å². The van der Waals surface area contributed by atoms with Crippen LogP contribution in [-0.4, -0.2) is 76.5 Å². The molecule has 10 aromatic carbocycles. The number of amides is 4. The zero-order valence-electron chi connectivity index (χ0n) is 66.0. The number of anilines is 4. The van der Waals surface area contributed by atoms with Crippen LogP contribution in [0.2, 0.25) is 0 Å². The third-order valence-corrected chi connectivity index (χ3v) is 20.2. The van der Waals surface area contributed by atoms with E-state index in [1.54, 1.807) is 48.5 Å². The van der Waals surface area contributed by atoms with E-state index in [4.69, 9.17) is 37.9 Å². The minimum Gasteiger partial charge on any atom is -0.493 e. The topological polar surface area (TPSA) is 190 Å². The summed E-state index contributed by atoms with van der Waals surface area (Å²) in [4.78, 5) is 61.0. The van der Waals surface area contributed by atoms with Gasteiger partial charge in [-0.1, -0.05) is 128 Å². The van der Waals surface area contributed by atoms with Crippen LogP contribution >= 0.6 is 0 Å². The van der Waals surface area contributed by atoms with E-state index < -0.39 is 0 Å². The lowest BCUT2D eigenvalue weighted by Gasteiger charge is -2.24. The predicted octanol–water partition coefficient (Wildman–Crippen LogP) is 20.7. The molecule has 0 spiro atoms. The Kier molecular flexibility index (Phi) is 26.3. The lowest BCUT2D eigenvalue weighted by molar-refractivity contribution is 0.101. The Morgan fingerprint density at radius 3 is 0.473 bits per heavy atom. The van der Waals surface area contributed by atoms with Crippen LogP contribution in [0, 0.1) is 0 Å². The quantitative estimate of drug-likeness (QED) is 0.0449. The number of para-hydroxylation sites is 4. The highest BCUT2D eigenvalue weighted by atomic mass is 16.5. The van der Waals surface area contributed by atoms with Crippen LogP contribution in [0.5, 0.6) is 46.0 Å². The van der Waals surface area contributed by atoms with Gasteiger partial charge in [0.1, 0.15) is 46.0 Å². The van der Waals surface area contributed by atoms with Crippen LogP contribution in [0.3, 0.4) is 0 Å². The van der Waals surface area contributed by atoms with Gasteiger partial charge in [0.05, 0.1) is 52.9 Å². The number of carbonyl (C=O) groups is 4. The molecule has 10 aliphatic rings. The highest BCUT2D eigenvalue weighted by molar-refractivity contribution is 6.08. The first-order valence-electron chi connectivity index (χ1n) is 40.3. The molecule has 20 rings (SSSR count). The molecular formula is C96H104N4O12. The summed E-state index contributed by atoms with van der Waals surface area (Å²) in [5, 5.41) is 12.9. The summed E-state index contributed by atoms with van der Waals surface area (Å²) in [6, 6.07) is 54.6. The van der Waals surface area contributed by atoms with Crippen molar-refractivity contribution in [1.82, 2.24) is 0 Å². The van der Waals surface area contributed by atoms with Crippen molar-refractivity contribution in [2.24, 2.45) is 0 Å². The number of rotatable bonds is 24. The second-order valence-electron chi connectivity index (χ2n) is 29.3. The molecule has 0 aromatic heterocycles. The third-order valence-electron chi connectivity index (χ3n) is 20.2. The summed E-state index contributed by atoms with van der Waals surface area (Å²) in [6.07, 6.45) is 8.69. The zero-order chi connectivity index (χ0) is 78.0. The van der Waals surface area contributed by atoms with E-state index in [1.807, 2.05) is 72.8 Å². The molecule has 10 aromatic rings. The van der Waals surface area contributed by atoms with Gasteiger partial charge in [-0.3, -0.25) is 19.2 Å². The summed E-state index contributed by atoms with van der Waals surface area (Å²) in [7, 11) is 0. The van der Waals surface area contributed by atoms with Crippen LogP contribution in [0.4, 0.5) is 22.7 Å². The molecule has 4 N–H and O–H groups in total. The molecule has 0 saturated carbocycles. The first-order valence-corrected chi connectivity index (χ1v) is 40.3. The molecule has 2 aliphatic carbocycles. The van der Waals surface area contributed by atoms with Crippen molar-refractivity contribution >= 4 is 46.4 Å². The minimum atomic E-state index is -0.334. The van der Waals surface area contributed by atoms with Crippen molar-refractivity contribution in [2.45, 2.75) is 158 Å². The lowest BCUT2D eigenvalue weighted by atomic mass is 9.89. The van der Waals surface area contributed by atoms with Gasteiger partial charge in [-0.2, -0.15) is 0 Å². The first kappa shape index (κ1) is 78.6. The Balaban J connectivity index is 1.01. The lowest BCUT2D eigenvalue weighted by Crippen LogP contribution is -2.16. The van der Waals surface area contributed by atoms with E-state index in [0.717, 1.165) is 140 Å². The molecule has 4 amide bonds. The Morgan fingerprint density at radius 1 is 0.205 bits per heavy atom. The van der Waals surface area contributed by atoms with Gasteiger partial charge in [0.25, 0.3) is 23.6 Å². The molecule has 0 fully saturated rings. The van der Waals surface area contributed by atoms with Gasteiger partial charge in [0.15, 0.2) is 0 Å². The number of hydrogen-bond acceptors (Lipinski definition) is 12. The standard InChI is InChI=1S/C96H104N4O12/c1-9-37-105-85-61-21-17-22-62(85)46-70-54-78-56-72(90(70)110-42-14-6)48-64-24-18-23-63(86(64)106-38-10-2)47-71-55-77(53-69(45-61)89(71)109-41-13-5)93(101)97-81-29-33-83(34-30-81)99-95(103)79-57-73-49-65-25-19-26-66(87(65)107-39-11-3)50-74-58-80(96(104)100-84-35-31-82(32-36-84)98-94(78)102)60-76(92(74)112-44-16-8)52-68-28-20-27-67(88(68)108-40-12-4)51-75(59-79)91(73)111-43-15-7/h17-36,53-60H,9-16,37-52H2,1-8H3,(H,97,101)(H,98,102)(H,99,103)(H,100,104). The van der Waals surface area contributed by atoms with Crippen molar-refractivity contribution in [3.05, 3.63) is 281 Å². The Bertz CT molecular complexity index is 4240. The highest BCUT2D eigenvalue weighted by Crippen LogP contribution is 2.44. The van der Waals surface area contributed by atoms with Crippen molar-refractivity contribution < 1.29 is 57.1 Å². The highest BCUT2D eigenvalue weighted by Gasteiger charge is 2.29. The first-order chi connectivity index (χ1) is 54.8. The van der Waals surface area contributed by atoms with Gasteiger partial charge in [-0.15, -0.1) is 0 Å². The molecular weight excluding hydrogens is 1400 g/mol. The molecule has 16 heteroatoms. The second-order valence-corrected chi connectivity index (χ2v) is 29.3. The molecule has 0 saturated heterocycles. The minimum absolute atomic E-state index is 0.334. The van der Waals surface area contributed by atoms with Crippen molar-refractivity contribution in [3.8, 4) is 46.0 Å². The maximum absolute atomic E-state index is 15.3. The number of benzene rings is 10. The normalized spacial score (nSPS) is 13.3. The van der Waals surface area contributed by atoms with Gasteiger partial charge in [-0.05, 0) is 237 Å². The fourth-order valence-corrected chi connectivity index (χ4v) is 15.1. The van der Waals surface area contributed by atoms with E-state index in [1.165, 1.54) is 0 Å². The van der Waals surface area contributed by atoms with Gasteiger partial charge in [0, 0.05) is 96.4 Å². The molecule has 112 heavy (non-hydrogen) atoms. The van der Waals surface area contributed by atoms with Crippen LogP contribution in [0.15, 0.2) is 170 Å². The summed E-state index contributed by atoms with van der Waals surface area (Å²) in [5.74, 6) is 4.23. The van der Waals surface area contributed by atoms with Gasteiger partial charge in [-0.25, -0.2) is 0 Å². The number of ether oxygens (including phenoxy) is 8. The van der Waals surface area contributed by atoms with Crippen LogP contribution in [0.1, 0.15) is 237 Å². The Labute approximate surface area is 659 Å². The van der Waals surface area contributed by atoms with E-state index in [2.05, 4.69) is 125 Å². The van der Waals surface area contributed by atoms with Crippen LogP contribution in [0.25, 0.3) is 0 Å². The molecule has 24 bridgehead atoms. The fraction of sp³-hybridized carbons (Fsp3) is 0.333. The maximum atomic E-state index is 15.3. The predicted molar refractivity (Wildman–Crippen MR) is 445 cm³/mol. The van der Waals surface area contributed by atoms with Gasteiger partial charge >= 0.3 is 0 Å². The molecule has 16 nitrogen and oxygen atoms in total. The average Bonchev–Trinajstić information content (AvgIpc) is 0.781. The SMILES string of the molecule is CCCOc1c2cccc1Cc1cc3cc(c1OCCC)Cc1cccc(c1OCCC)Cc1cc(cc(c1OCCC)C2)C(=O)Nc1ccc(cc1)NC(=O)c1cc2c(OCCC)c(c1)Cc1cccc(c1OCCC)Cc1cc(cc(c1OCCC)Cc1cccc(c1OCCC)C2)C(=O)Nc1ccc(cc1)NC3=O. The Hall–Kier alpha value is -11.5. The van der Waals surface area contributed by atoms with Gasteiger partial charge < -0.3 is 59.2 Å². The van der Waals surface area contributed by atoms with E-state index in [9.17, 15) is 0 Å². The molecule has 580 valence electrons. The summed E-state index contributed by atoms with van der Waals surface area (Å²) < 4.78 is 55.1. The zero-order valence-corrected chi connectivity index (χ0v) is 66.0. The van der Waals surface area contributed by atoms with E-state index in [-0.39, 0.29) is 23.6 Å². The summed E-state index contributed by atoms with van der Waals surface area (Å²) in [6.45, 7) is 20.2. The smallest absolute Gasteiger partial charge is 0.255 e. The molecule has 0 atom stereocenters. The average molecular weight is 1510 g/mol. The van der Waals surface area contributed by atoms with Gasteiger partial charge in [0.2, 0.25) is 0 Å². The van der Waals surface area contributed by atoms with E-state index >= 15 is 19.2 Å².